The molecule has 0 radical (unpaired) electrons. The van der Waals surface area contributed by atoms with Crippen LogP contribution >= 0.6 is 0 Å². The van der Waals surface area contributed by atoms with Crippen molar-refractivity contribution >= 4 is 23.2 Å². The van der Waals surface area contributed by atoms with E-state index >= 15 is 0 Å². The van der Waals surface area contributed by atoms with Crippen molar-refractivity contribution in [2.45, 2.75) is 19.3 Å². The smallest absolute Gasteiger partial charge is 0.255 e. The van der Waals surface area contributed by atoms with Gasteiger partial charge in [0.15, 0.2) is 0 Å². The third-order valence-corrected chi connectivity index (χ3v) is 3.52. The van der Waals surface area contributed by atoms with Crippen molar-refractivity contribution in [3.8, 4) is 0 Å². The maximum Gasteiger partial charge on any atom is 0.255 e. The second-order valence-electron chi connectivity index (χ2n) is 5.09. The Morgan fingerprint density at radius 2 is 1.86 bits per heavy atom. The normalized spacial score (nSPS) is 13.8. The molecule has 0 atom stereocenters. The average molecular weight is 280 g/mol. The number of para-hydroxylation sites is 1. The van der Waals surface area contributed by atoms with E-state index in [1.807, 2.05) is 36.4 Å². The zero-order valence-electron chi connectivity index (χ0n) is 11.6. The van der Waals surface area contributed by atoms with Gasteiger partial charge in [0.05, 0.1) is 0 Å². The number of hydrogen-bond acceptors (Lipinski definition) is 2. The summed E-state index contributed by atoms with van der Waals surface area (Å²) >= 11 is 0. The van der Waals surface area contributed by atoms with E-state index < -0.39 is 0 Å². The van der Waals surface area contributed by atoms with Crippen molar-refractivity contribution in [2.24, 2.45) is 0 Å². The molecule has 0 aliphatic carbocycles. The number of aryl methyl sites for hydroxylation is 1. The molecule has 21 heavy (non-hydrogen) atoms. The molecule has 4 nitrogen and oxygen atoms in total. The van der Waals surface area contributed by atoms with Crippen molar-refractivity contribution in [1.82, 2.24) is 0 Å². The minimum atomic E-state index is -0.139. The minimum Gasteiger partial charge on any atom is -0.326 e. The number of benzene rings is 2. The lowest BCUT2D eigenvalue weighted by molar-refractivity contribution is -0.116. The first-order chi connectivity index (χ1) is 10.2. The number of carbonyl (C=O) groups is 2. The fourth-order valence-electron chi connectivity index (χ4n) is 2.44. The van der Waals surface area contributed by atoms with Crippen LogP contribution in [0.1, 0.15) is 28.8 Å². The monoisotopic (exact) mass is 280 g/mol. The van der Waals surface area contributed by atoms with Gasteiger partial charge in [-0.05, 0) is 48.7 Å². The van der Waals surface area contributed by atoms with Crippen LogP contribution in [0.5, 0.6) is 0 Å². The molecular weight excluding hydrogens is 264 g/mol. The Hall–Kier alpha value is -2.62. The van der Waals surface area contributed by atoms with Gasteiger partial charge in [0.25, 0.3) is 5.91 Å². The van der Waals surface area contributed by atoms with E-state index in [0.29, 0.717) is 12.0 Å². The Balaban J connectivity index is 1.81. The van der Waals surface area contributed by atoms with Crippen LogP contribution in [0.15, 0.2) is 48.5 Å². The zero-order chi connectivity index (χ0) is 14.7. The van der Waals surface area contributed by atoms with Crippen molar-refractivity contribution in [3.63, 3.8) is 0 Å². The average Bonchev–Trinajstić information content (AvgIpc) is 2.68. The van der Waals surface area contributed by atoms with Gasteiger partial charge in [0.1, 0.15) is 0 Å². The van der Waals surface area contributed by atoms with Gasteiger partial charge in [0, 0.05) is 23.4 Å². The second kappa shape index (κ2) is 5.79. The first-order valence-corrected chi connectivity index (χ1v) is 7.01. The van der Waals surface area contributed by atoms with Gasteiger partial charge in [0.2, 0.25) is 5.91 Å². The summed E-state index contributed by atoms with van der Waals surface area (Å²) < 4.78 is 0. The molecule has 1 heterocycles. The Kier molecular flexibility index (Phi) is 3.69. The van der Waals surface area contributed by atoms with Crippen molar-refractivity contribution < 1.29 is 9.59 Å². The highest BCUT2D eigenvalue weighted by molar-refractivity contribution is 6.05. The highest BCUT2D eigenvalue weighted by Gasteiger charge is 2.15. The van der Waals surface area contributed by atoms with E-state index in [4.69, 9.17) is 0 Å². The minimum absolute atomic E-state index is 0.0373. The molecule has 1 aliphatic rings. The molecule has 0 fully saturated rings. The summed E-state index contributed by atoms with van der Waals surface area (Å²) in [5.74, 6) is -0.102. The number of anilines is 2. The van der Waals surface area contributed by atoms with Crippen LogP contribution < -0.4 is 10.6 Å². The summed E-state index contributed by atoms with van der Waals surface area (Å²) in [6, 6.07) is 14.8. The van der Waals surface area contributed by atoms with E-state index in [9.17, 15) is 9.59 Å². The zero-order valence-corrected chi connectivity index (χ0v) is 11.6. The molecule has 0 unspecified atom stereocenters. The molecule has 1 aliphatic heterocycles. The number of hydrogen-bond donors (Lipinski definition) is 2. The summed E-state index contributed by atoms with van der Waals surface area (Å²) in [7, 11) is 0. The van der Waals surface area contributed by atoms with Gasteiger partial charge in [-0.25, -0.2) is 0 Å². The van der Waals surface area contributed by atoms with E-state index in [1.54, 1.807) is 12.1 Å². The molecule has 0 bridgehead atoms. The summed E-state index contributed by atoms with van der Waals surface area (Å²) in [4.78, 5) is 23.8. The highest BCUT2D eigenvalue weighted by Crippen LogP contribution is 2.23. The predicted molar refractivity (Wildman–Crippen MR) is 82.4 cm³/mol. The van der Waals surface area contributed by atoms with Crippen LogP contribution in [0, 0.1) is 0 Å². The van der Waals surface area contributed by atoms with E-state index in [-0.39, 0.29) is 11.8 Å². The molecule has 0 aromatic heterocycles. The molecule has 106 valence electrons. The van der Waals surface area contributed by atoms with Crippen LogP contribution in [0.25, 0.3) is 0 Å². The van der Waals surface area contributed by atoms with E-state index in [2.05, 4.69) is 10.6 Å². The van der Waals surface area contributed by atoms with Crippen LogP contribution in [-0.4, -0.2) is 11.8 Å². The number of amides is 2. The number of rotatable bonds is 2. The molecule has 2 N–H and O–H groups in total. The third kappa shape index (κ3) is 3.11. The first kappa shape index (κ1) is 13.4. The SMILES string of the molecule is O=C1CCCc2cc(C(=O)Nc3ccccc3)ccc2N1. The number of carbonyl (C=O) groups excluding carboxylic acids is 2. The number of nitrogens with one attached hydrogen (secondary N) is 2. The van der Waals surface area contributed by atoms with Gasteiger partial charge >= 0.3 is 0 Å². The Morgan fingerprint density at radius 1 is 1.05 bits per heavy atom. The molecule has 0 spiro atoms. The maximum atomic E-state index is 12.3. The lowest BCUT2D eigenvalue weighted by Crippen LogP contribution is -2.13. The second-order valence-corrected chi connectivity index (χ2v) is 5.09. The first-order valence-electron chi connectivity index (χ1n) is 7.01. The lowest BCUT2D eigenvalue weighted by atomic mass is 10.0. The predicted octanol–water partition coefficient (Wildman–Crippen LogP) is 3.21. The van der Waals surface area contributed by atoms with Gasteiger partial charge < -0.3 is 10.6 Å². The molecule has 2 aromatic rings. The fourth-order valence-corrected chi connectivity index (χ4v) is 2.44. The van der Waals surface area contributed by atoms with Gasteiger partial charge in [-0.3, -0.25) is 9.59 Å². The van der Waals surface area contributed by atoms with Crippen molar-refractivity contribution in [3.05, 3.63) is 59.7 Å². The topological polar surface area (TPSA) is 58.2 Å². The van der Waals surface area contributed by atoms with Gasteiger partial charge in [-0.2, -0.15) is 0 Å². The van der Waals surface area contributed by atoms with Crippen molar-refractivity contribution in [1.29, 1.82) is 0 Å². The summed E-state index contributed by atoms with van der Waals surface area (Å²) in [6.45, 7) is 0. The molecule has 0 saturated heterocycles. The summed E-state index contributed by atoms with van der Waals surface area (Å²) in [5, 5.41) is 5.73. The molecule has 2 amide bonds. The standard InChI is InChI=1S/C17H16N2O2/c20-16-8-4-5-12-11-13(9-10-15(12)19-16)17(21)18-14-6-2-1-3-7-14/h1-3,6-7,9-11H,4-5,8H2,(H,18,21)(H,19,20). The van der Waals surface area contributed by atoms with Gasteiger partial charge in [-0.15, -0.1) is 0 Å². The molecule has 0 saturated carbocycles. The van der Waals surface area contributed by atoms with Crippen LogP contribution in [-0.2, 0) is 11.2 Å². The van der Waals surface area contributed by atoms with E-state index in [1.165, 1.54) is 0 Å². The maximum absolute atomic E-state index is 12.3. The Bertz CT molecular complexity index is 680. The largest absolute Gasteiger partial charge is 0.326 e. The molecule has 4 heteroatoms. The van der Waals surface area contributed by atoms with Crippen LogP contribution in [0.4, 0.5) is 11.4 Å². The number of fused-ring (bicyclic) bond motifs is 1. The quantitative estimate of drug-likeness (QED) is 0.887. The van der Waals surface area contributed by atoms with Crippen molar-refractivity contribution in [2.75, 3.05) is 10.6 Å². The Labute approximate surface area is 123 Å². The Morgan fingerprint density at radius 3 is 2.67 bits per heavy atom. The highest BCUT2D eigenvalue weighted by atomic mass is 16.2. The molecule has 2 aromatic carbocycles. The van der Waals surface area contributed by atoms with E-state index in [0.717, 1.165) is 29.8 Å². The molecular formula is C17H16N2O2. The van der Waals surface area contributed by atoms with Crippen LogP contribution in [0.3, 0.4) is 0 Å². The third-order valence-electron chi connectivity index (χ3n) is 3.52. The lowest BCUT2D eigenvalue weighted by Gasteiger charge is -2.10. The summed E-state index contributed by atoms with van der Waals surface area (Å²) in [5.41, 5.74) is 3.20. The molecule has 3 rings (SSSR count). The van der Waals surface area contributed by atoms with Crippen LogP contribution in [0.2, 0.25) is 0 Å². The summed E-state index contributed by atoms with van der Waals surface area (Å²) in [6.07, 6.45) is 2.14. The van der Waals surface area contributed by atoms with Gasteiger partial charge in [-0.1, -0.05) is 18.2 Å². The fraction of sp³-hybridized carbons (Fsp3) is 0.176.